The third kappa shape index (κ3) is 5.36. The molecule has 0 saturated heterocycles. The molecule has 0 bridgehead atoms. The van der Waals surface area contributed by atoms with Gasteiger partial charge in [-0.25, -0.2) is 0 Å². The Bertz CT molecular complexity index is 223. The third-order valence-corrected chi connectivity index (χ3v) is 12.4. The van der Waals surface area contributed by atoms with Crippen molar-refractivity contribution in [1.29, 1.82) is 0 Å². The van der Waals surface area contributed by atoms with Crippen molar-refractivity contribution in [1.82, 2.24) is 0 Å². The zero-order valence-electron chi connectivity index (χ0n) is 12.0. The molecule has 2 nitrogen and oxygen atoms in total. The predicted octanol–water partition coefficient (Wildman–Crippen LogP) is 2.84. The summed E-state index contributed by atoms with van der Waals surface area (Å²) >= 11 is 0. The highest BCUT2D eigenvalue weighted by molar-refractivity contribution is 8.50. The number of hydrogen-bond acceptors (Lipinski definition) is 2. The Kier molecular flexibility index (Phi) is 5.81. The maximum absolute atomic E-state index is 6.14. The summed E-state index contributed by atoms with van der Waals surface area (Å²) in [6.07, 6.45) is 4.50. The van der Waals surface area contributed by atoms with E-state index in [0.717, 1.165) is 6.61 Å². The molecule has 0 N–H and O–H groups in total. The van der Waals surface area contributed by atoms with E-state index in [-0.39, 0.29) is 5.41 Å². The van der Waals surface area contributed by atoms with Crippen LogP contribution in [0.25, 0.3) is 0 Å². The van der Waals surface area contributed by atoms with Crippen molar-refractivity contribution in [3.63, 3.8) is 0 Å². The third-order valence-electron chi connectivity index (χ3n) is 2.82. The lowest BCUT2D eigenvalue weighted by atomic mass is 9.99. The highest BCUT2D eigenvalue weighted by Gasteiger charge is 2.42. The van der Waals surface area contributed by atoms with Crippen molar-refractivity contribution in [2.75, 3.05) is 26.2 Å². The van der Waals surface area contributed by atoms with Crippen molar-refractivity contribution in [2.45, 2.75) is 39.1 Å². The predicted molar refractivity (Wildman–Crippen MR) is 78.7 cm³/mol. The molecular formula is C11H27O2SSi2. The summed E-state index contributed by atoms with van der Waals surface area (Å²) in [4.78, 5) is 0.462. The smallest absolute Gasteiger partial charge is 0.345 e. The van der Waals surface area contributed by atoms with Crippen LogP contribution in [0, 0.1) is 5.41 Å². The van der Waals surface area contributed by atoms with Gasteiger partial charge in [0.2, 0.25) is 0 Å². The zero-order chi connectivity index (χ0) is 13.2. The van der Waals surface area contributed by atoms with E-state index in [1.54, 1.807) is 7.11 Å². The largest absolute Gasteiger partial charge is 0.397 e. The molecular weight excluding hydrogens is 252 g/mol. The fourth-order valence-electron chi connectivity index (χ4n) is 1.24. The number of rotatable bonds is 5. The van der Waals surface area contributed by atoms with Gasteiger partial charge in [-0.15, -0.1) is 0 Å². The Morgan fingerprint density at radius 3 is 2.00 bits per heavy atom. The fourth-order valence-corrected chi connectivity index (χ4v) is 9.34. The highest BCUT2D eigenvalue weighted by Crippen LogP contribution is 2.44. The molecule has 0 spiro atoms. The molecule has 0 saturated carbocycles. The zero-order valence-corrected chi connectivity index (χ0v) is 14.8. The quantitative estimate of drug-likeness (QED) is 0.721. The highest BCUT2D eigenvalue weighted by atomic mass is 32.4. The van der Waals surface area contributed by atoms with Gasteiger partial charge in [-0.1, -0.05) is 27.7 Å². The SMILES string of the molecule is CO[Si](C)(OCC(C)(C)C)C(C)S(C)(C)[Si]. The van der Waals surface area contributed by atoms with Crippen molar-refractivity contribution < 1.29 is 8.85 Å². The minimum atomic E-state index is -2.08. The molecule has 16 heavy (non-hydrogen) atoms. The maximum atomic E-state index is 6.14. The Morgan fingerprint density at radius 2 is 1.75 bits per heavy atom. The lowest BCUT2D eigenvalue weighted by Crippen LogP contribution is -2.51. The minimum Gasteiger partial charge on any atom is -0.397 e. The Morgan fingerprint density at radius 1 is 1.31 bits per heavy atom. The van der Waals surface area contributed by atoms with E-state index in [2.05, 4.69) is 56.1 Å². The van der Waals surface area contributed by atoms with Crippen LogP contribution in [0.4, 0.5) is 0 Å². The van der Waals surface area contributed by atoms with E-state index in [1.165, 1.54) is 0 Å². The van der Waals surface area contributed by atoms with Crippen molar-refractivity contribution in [3.8, 4) is 0 Å². The molecule has 0 aliphatic rings. The second-order valence-electron chi connectivity index (χ2n) is 6.12. The summed E-state index contributed by atoms with van der Waals surface area (Å²) in [7, 11) is 2.73. The van der Waals surface area contributed by atoms with Crippen molar-refractivity contribution in [3.05, 3.63) is 0 Å². The van der Waals surface area contributed by atoms with Crippen LogP contribution in [0.2, 0.25) is 6.55 Å². The molecule has 2 atom stereocenters. The molecule has 5 heteroatoms. The molecule has 0 fully saturated rings. The van der Waals surface area contributed by atoms with Crippen molar-refractivity contribution >= 4 is 27.4 Å². The van der Waals surface area contributed by atoms with E-state index in [4.69, 9.17) is 8.85 Å². The topological polar surface area (TPSA) is 18.5 Å². The first-order valence-electron chi connectivity index (χ1n) is 5.58. The molecule has 0 heterocycles. The van der Waals surface area contributed by atoms with E-state index in [9.17, 15) is 0 Å². The molecule has 0 aromatic heterocycles. The van der Waals surface area contributed by atoms with Crippen LogP contribution in [-0.2, 0) is 8.85 Å². The molecule has 0 aromatic rings. The van der Waals surface area contributed by atoms with Gasteiger partial charge >= 0.3 is 8.56 Å². The van der Waals surface area contributed by atoms with Crippen LogP contribution in [0.1, 0.15) is 27.7 Å². The van der Waals surface area contributed by atoms with Crippen LogP contribution in [-0.4, -0.2) is 49.1 Å². The fraction of sp³-hybridized carbons (Fsp3) is 1.00. The van der Waals surface area contributed by atoms with Gasteiger partial charge < -0.3 is 8.85 Å². The van der Waals surface area contributed by atoms with E-state index in [0.29, 0.717) is 4.87 Å². The van der Waals surface area contributed by atoms with Crippen molar-refractivity contribution in [2.24, 2.45) is 5.41 Å². The van der Waals surface area contributed by atoms with E-state index < -0.39 is 18.0 Å². The summed E-state index contributed by atoms with van der Waals surface area (Å²) < 4.78 is 11.9. The van der Waals surface area contributed by atoms with Crippen LogP contribution >= 0.6 is 9.48 Å². The number of hydrogen-bond donors (Lipinski definition) is 0. The second-order valence-corrected chi connectivity index (χ2v) is 16.8. The standard InChI is InChI=1S/C11H27O2SSi2/c1-10(14(6,7)15)16(8,12-5)13-9-11(2,3)4/h10H,9H2,1-8H3. The molecule has 0 aliphatic carbocycles. The molecule has 2 unspecified atom stereocenters. The average molecular weight is 280 g/mol. The van der Waals surface area contributed by atoms with Gasteiger partial charge in [0.15, 0.2) is 0 Å². The van der Waals surface area contributed by atoms with Gasteiger partial charge in [0, 0.05) is 18.6 Å². The summed E-state index contributed by atoms with van der Waals surface area (Å²) in [5.41, 5.74) is 0.192. The lowest BCUT2D eigenvalue weighted by molar-refractivity contribution is 0.139. The van der Waals surface area contributed by atoms with Gasteiger partial charge in [-0.2, -0.15) is 0 Å². The lowest BCUT2D eigenvalue weighted by Gasteiger charge is -2.43. The summed E-state index contributed by atoms with van der Waals surface area (Å²) in [6, 6.07) is 0. The van der Waals surface area contributed by atoms with Gasteiger partial charge in [0.25, 0.3) is 0 Å². The summed E-state index contributed by atoms with van der Waals surface area (Å²) in [5, 5.41) is 0. The summed E-state index contributed by atoms with van der Waals surface area (Å²) in [6.45, 7) is 11.7. The van der Waals surface area contributed by atoms with Crippen LogP contribution in [0.5, 0.6) is 0 Å². The first-order valence-corrected chi connectivity index (χ1v) is 11.7. The first-order chi connectivity index (χ1) is 6.92. The van der Waals surface area contributed by atoms with Gasteiger partial charge in [0.1, 0.15) is 0 Å². The van der Waals surface area contributed by atoms with Crippen LogP contribution in [0.15, 0.2) is 0 Å². The monoisotopic (exact) mass is 279 g/mol. The molecule has 0 rings (SSSR count). The molecule has 0 aromatic carbocycles. The van der Waals surface area contributed by atoms with Crippen LogP contribution in [0.3, 0.4) is 0 Å². The maximum Gasteiger partial charge on any atom is 0.345 e. The van der Waals surface area contributed by atoms with Gasteiger partial charge in [-0.3, -0.25) is 9.48 Å². The second kappa shape index (κ2) is 5.56. The van der Waals surface area contributed by atoms with Gasteiger partial charge in [0.05, 0.1) is 9.39 Å². The molecule has 0 amide bonds. The van der Waals surface area contributed by atoms with E-state index >= 15 is 0 Å². The Labute approximate surface area is 107 Å². The van der Waals surface area contributed by atoms with E-state index in [1.807, 2.05) is 0 Å². The molecule has 0 aliphatic heterocycles. The van der Waals surface area contributed by atoms with Gasteiger partial charge in [-0.05, 0) is 24.5 Å². The van der Waals surface area contributed by atoms with Crippen LogP contribution < -0.4 is 0 Å². The Balaban J connectivity index is 4.66. The first kappa shape index (κ1) is 16.7. The molecule has 97 valence electrons. The Hall–Kier alpha value is 0.704. The summed E-state index contributed by atoms with van der Waals surface area (Å²) in [5.74, 6) is 0. The average Bonchev–Trinajstić information content (AvgIpc) is 2.10. The molecule has 3 radical (unpaired) electrons. The minimum absolute atomic E-state index is 0.192. The normalized spacial score (nSPS) is 20.3.